The van der Waals surface area contributed by atoms with Gasteiger partial charge in [0.15, 0.2) is 15.1 Å². The lowest BCUT2D eigenvalue weighted by atomic mass is 9.90. The zero-order valence-electron chi connectivity index (χ0n) is 9.73. The highest BCUT2D eigenvalue weighted by molar-refractivity contribution is 7.92. The van der Waals surface area contributed by atoms with Gasteiger partial charge in [-0.1, -0.05) is 0 Å². The number of carboxylic acids is 1. The zero-order valence-corrected chi connectivity index (χ0v) is 10.5. The van der Waals surface area contributed by atoms with E-state index in [9.17, 15) is 13.2 Å². The Morgan fingerprint density at radius 1 is 1.50 bits per heavy atom. The molecule has 0 amide bonds. The molecule has 0 radical (unpaired) electrons. The second kappa shape index (κ2) is 5.30. The van der Waals surface area contributed by atoms with Gasteiger partial charge < -0.3 is 5.11 Å². The fourth-order valence-electron chi connectivity index (χ4n) is 1.10. The molecule has 0 bridgehead atoms. The molecule has 0 saturated heterocycles. The maximum atomic E-state index is 11.5. The van der Waals surface area contributed by atoms with E-state index in [-0.39, 0.29) is 5.75 Å². The number of sulfone groups is 1. The maximum Gasteiger partial charge on any atom is 0.321 e. The summed E-state index contributed by atoms with van der Waals surface area (Å²) < 4.78 is 23.0. The van der Waals surface area contributed by atoms with Crippen LogP contribution in [0.1, 0.15) is 33.6 Å². The lowest BCUT2D eigenvalue weighted by Gasteiger charge is -2.15. The molecule has 16 heavy (non-hydrogen) atoms. The Bertz CT molecular complexity index is 392. The highest BCUT2D eigenvalue weighted by Crippen LogP contribution is 2.21. The first-order valence-corrected chi connectivity index (χ1v) is 6.69. The molecule has 0 spiro atoms. The van der Waals surface area contributed by atoms with Crippen LogP contribution in [0.4, 0.5) is 0 Å². The molecule has 1 unspecified atom stereocenters. The Labute approximate surface area is 96.0 Å². The Hall–Kier alpha value is -1.09. The van der Waals surface area contributed by atoms with Gasteiger partial charge in [0.25, 0.3) is 0 Å². The van der Waals surface area contributed by atoms with Crippen LogP contribution in [0, 0.1) is 16.7 Å². The van der Waals surface area contributed by atoms with Gasteiger partial charge in [-0.15, -0.1) is 0 Å². The van der Waals surface area contributed by atoms with Gasteiger partial charge in [-0.05, 0) is 33.6 Å². The smallest absolute Gasteiger partial charge is 0.321 e. The third-order valence-corrected chi connectivity index (χ3v) is 4.56. The van der Waals surface area contributed by atoms with Crippen molar-refractivity contribution >= 4 is 15.8 Å². The first kappa shape index (κ1) is 14.9. The minimum atomic E-state index is -3.60. The van der Waals surface area contributed by atoms with Crippen molar-refractivity contribution in [2.45, 2.75) is 38.9 Å². The molecule has 1 atom stereocenters. The molecule has 0 rings (SSSR count). The van der Waals surface area contributed by atoms with Crippen LogP contribution in [0.25, 0.3) is 0 Å². The van der Waals surface area contributed by atoms with E-state index in [2.05, 4.69) is 6.07 Å². The number of rotatable bonds is 6. The van der Waals surface area contributed by atoms with Gasteiger partial charge >= 0.3 is 5.97 Å². The van der Waals surface area contributed by atoms with Gasteiger partial charge in [-0.2, -0.15) is 5.26 Å². The van der Waals surface area contributed by atoms with E-state index in [0.717, 1.165) is 6.92 Å². The SMILES string of the molecule is CC(C(=O)O)S(=O)(=O)CCCC(C)(C)C#N. The largest absolute Gasteiger partial charge is 0.480 e. The maximum absolute atomic E-state index is 11.5. The molecular formula is C10H17NO4S. The van der Waals surface area contributed by atoms with Crippen LogP contribution >= 0.6 is 0 Å². The van der Waals surface area contributed by atoms with Gasteiger partial charge in [-0.3, -0.25) is 4.79 Å². The summed E-state index contributed by atoms with van der Waals surface area (Å²) in [5.41, 5.74) is -0.567. The number of aliphatic carboxylic acids is 1. The van der Waals surface area contributed by atoms with Gasteiger partial charge in [-0.25, -0.2) is 8.42 Å². The first-order valence-electron chi connectivity index (χ1n) is 4.98. The molecule has 0 heterocycles. The molecule has 0 saturated carbocycles. The minimum absolute atomic E-state index is 0.189. The monoisotopic (exact) mass is 247 g/mol. The number of hydrogen-bond acceptors (Lipinski definition) is 4. The standard InChI is InChI=1S/C10H17NO4S/c1-8(9(12)13)16(14,15)6-4-5-10(2,3)7-11/h8H,4-6H2,1-3H3,(H,12,13). The average Bonchev–Trinajstić information content (AvgIpc) is 2.15. The molecule has 0 fully saturated rings. The fourth-order valence-corrected chi connectivity index (χ4v) is 2.31. The summed E-state index contributed by atoms with van der Waals surface area (Å²) in [5.74, 6) is -1.52. The molecule has 0 aromatic carbocycles. The van der Waals surface area contributed by atoms with E-state index in [0.29, 0.717) is 12.8 Å². The average molecular weight is 247 g/mol. The normalized spacial score (nSPS) is 14.1. The van der Waals surface area contributed by atoms with Crippen LogP contribution in [-0.2, 0) is 14.6 Å². The molecule has 6 heteroatoms. The van der Waals surface area contributed by atoms with Crippen LogP contribution in [-0.4, -0.2) is 30.5 Å². The van der Waals surface area contributed by atoms with Crippen molar-refractivity contribution in [2.24, 2.45) is 5.41 Å². The van der Waals surface area contributed by atoms with Crippen molar-refractivity contribution in [2.75, 3.05) is 5.75 Å². The van der Waals surface area contributed by atoms with Crippen molar-refractivity contribution in [3.8, 4) is 6.07 Å². The van der Waals surface area contributed by atoms with E-state index in [1.165, 1.54) is 0 Å². The summed E-state index contributed by atoms with van der Waals surface area (Å²) >= 11 is 0. The van der Waals surface area contributed by atoms with Crippen LogP contribution < -0.4 is 0 Å². The third kappa shape index (κ3) is 4.62. The molecule has 0 aliphatic heterocycles. The van der Waals surface area contributed by atoms with Gasteiger partial charge in [0, 0.05) is 0 Å². The summed E-state index contributed by atoms with van der Waals surface area (Å²) in [6.07, 6.45) is 0.746. The topological polar surface area (TPSA) is 95.2 Å². The quantitative estimate of drug-likeness (QED) is 0.761. The van der Waals surface area contributed by atoms with E-state index < -0.39 is 26.5 Å². The van der Waals surface area contributed by atoms with Gasteiger partial charge in [0.1, 0.15) is 0 Å². The molecule has 0 aliphatic carbocycles. The van der Waals surface area contributed by atoms with Crippen LogP contribution in [0.3, 0.4) is 0 Å². The molecule has 1 N–H and O–H groups in total. The van der Waals surface area contributed by atoms with Crippen molar-refractivity contribution in [1.29, 1.82) is 5.26 Å². The van der Waals surface area contributed by atoms with Gasteiger partial charge in [0.05, 0.1) is 17.2 Å². The van der Waals surface area contributed by atoms with Crippen LogP contribution in [0.15, 0.2) is 0 Å². The Balaban J connectivity index is 4.34. The minimum Gasteiger partial charge on any atom is -0.480 e. The lowest BCUT2D eigenvalue weighted by Crippen LogP contribution is -2.29. The van der Waals surface area contributed by atoms with Crippen LogP contribution in [0.5, 0.6) is 0 Å². The number of nitriles is 1. The second-order valence-corrected chi connectivity index (χ2v) is 6.89. The molecule has 0 aromatic rings. The summed E-state index contributed by atoms with van der Waals surface area (Å²) in [4.78, 5) is 10.5. The number of nitrogens with zero attached hydrogens (tertiary/aromatic N) is 1. The molecule has 0 aliphatic rings. The number of hydrogen-bond donors (Lipinski definition) is 1. The zero-order chi connectivity index (χ0) is 13.0. The van der Waals surface area contributed by atoms with Crippen molar-refractivity contribution in [1.82, 2.24) is 0 Å². The summed E-state index contributed by atoms with van der Waals surface area (Å²) in [5, 5.41) is 15.9. The van der Waals surface area contributed by atoms with E-state index in [1.54, 1.807) is 13.8 Å². The van der Waals surface area contributed by atoms with E-state index in [1.807, 2.05) is 0 Å². The van der Waals surface area contributed by atoms with Crippen molar-refractivity contribution in [3.63, 3.8) is 0 Å². The van der Waals surface area contributed by atoms with Crippen LogP contribution in [0.2, 0.25) is 0 Å². The summed E-state index contributed by atoms with van der Waals surface area (Å²) in [7, 11) is -3.60. The number of carboxylic acid groups (broad SMARTS) is 1. The predicted molar refractivity (Wildman–Crippen MR) is 59.5 cm³/mol. The van der Waals surface area contributed by atoms with E-state index in [4.69, 9.17) is 10.4 Å². The highest BCUT2D eigenvalue weighted by Gasteiger charge is 2.28. The Morgan fingerprint density at radius 3 is 2.38 bits per heavy atom. The van der Waals surface area contributed by atoms with E-state index >= 15 is 0 Å². The summed E-state index contributed by atoms with van der Waals surface area (Å²) in [6, 6.07) is 2.07. The molecule has 92 valence electrons. The Morgan fingerprint density at radius 2 is 2.00 bits per heavy atom. The lowest BCUT2D eigenvalue weighted by molar-refractivity contribution is -0.136. The molecule has 0 aromatic heterocycles. The molecule has 5 nitrogen and oxygen atoms in total. The molecular weight excluding hydrogens is 230 g/mol. The first-order chi connectivity index (χ1) is 7.12. The Kier molecular flexibility index (Phi) is 4.94. The van der Waals surface area contributed by atoms with Gasteiger partial charge in [0.2, 0.25) is 0 Å². The second-order valence-electron chi connectivity index (χ2n) is 4.45. The fraction of sp³-hybridized carbons (Fsp3) is 0.800. The number of carbonyl (C=O) groups is 1. The van der Waals surface area contributed by atoms with Crippen molar-refractivity contribution < 1.29 is 18.3 Å². The van der Waals surface area contributed by atoms with Crippen molar-refractivity contribution in [3.05, 3.63) is 0 Å². The highest BCUT2D eigenvalue weighted by atomic mass is 32.2. The summed E-state index contributed by atoms with van der Waals surface area (Å²) in [6.45, 7) is 4.60. The third-order valence-electron chi connectivity index (χ3n) is 2.42. The predicted octanol–water partition coefficient (Wildman–Crippen LogP) is 1.20.